The van der Waals surface area contributed by atoms with Crippen molar-refractivity contribution in [2.45, 2.75) is 33.6 Å². The molecule has 0 bridgehead atoms. The number of carbonyl (C=O) groups is 1. The number of nitrogens with one attached hydrogen (secondary N) is 2. The number of aromatic amines is 1. The van der Waals surface area contributed by atoms with Gasteiger partial charge >= 0.3 is 0 Å². The summed E-state index contributed by atoms with van der Waals surface area (Å²) in [5.41, 5.74) is 3.56. The van der Waals surface area contributed by atoms with Gasteiger partial charge in [-0.25, -0.2) is 0 Å². The number of aromatic nitrogens is 2. The molecule has 2 aromatic carbocycles. The number of rotatable bonds is 10. The number of methoxy groups -OCH3 is 1. The number of carbonyl (C=O) groups excluding carboxylic acids is 1. The maximum absolute atomic E-state index is 12.6. The molecule has 1 aromatic heterocycles. The van der Waals surface area contributed by atoms with E-state index in [0.717, 1.165) is 28.1 Å². The van der Waals surface area contributed by atoms with Crippen LogP contribution in [0.4, 0.5) is 5.82 Å². The molecule has 164 valence electrons. The molecular weight excluding hydrogens is 394 g/mol. The van der Waals surface area contributed by atoms with E-state index < -0.39 is 0 Å². The van der Waals surface area contributed by atoms with Crippen LogP contribution in [0.3, 0.4) is 0 Å². The molecule has 0 atom stereocenters. The van der Waals surface area contributed by atoms with Crippen LogP contribution in [0.2, 0.25) is 0 Å². The average Bonchev–Trinajstić information content (AvgIpc) is 3.13. The molecule has 7 heteroatoms. The van der Waals surface area contributed by atoms with Gasteiger partial charge in [0.2, 0.25) is 5.91 Å². The molecule has 0 aliphatic rings. The summed E-state index contributed by atoms with van der Waals surface area (Å²) in [5.74, 6) is 2.51. The zero-order valence-corrected chi connectivity index (χ0v) is 18.5. The van der Waals surface area contributed by atoms with Crippen LogP contribution in [0, 0.1) is 6.92 Å². The maximum Gasteiger partial charge on any atom is 0.225 e. The third-order valence-electron chi connectivity index (χ3n) is 4.85. The highest BCUT2D eigenvalue weighted by Crippen LogP contribution is 2.36. The predicted octanol–water partition coefficient (Wildman–Crippen LogP) is 4.76. The van der Waals surface area contributed by atoms with Gasteiger partial charge in [0.15, 0.2) is 17.3 Å². The Morgan fingerprint density at radius 3 is 2.52 bits per heavy atom. The molecule has 0 saturated heterocycles. The smallest absolute Gasteiger partial charge is 0.225 e. The van der Waals surface area contributed by atoms with Crippen LogP contribution in [0.5, 0.6) is 17.2 Å². The molecule has 3 rings (SSSR count). The largest absolute Gasteiger partial charge is 0.496 e. The summed E-state index contributed by atoms with van der Waals surface area (Å²) in [4.78, 5) is 12.6. The van der Waals surface area contributed by atoms with Gasteiger partial charge in [0.05, 0.1) is 20.3 Å². The first-order valence-corrected chi connectivity index (χ1v) is 10.4. The van der Waals surface area contributed by atoms with E-state index in [1.54, 1.807) is 7.11 Å². The lowest BCUT2D eigenvalue weighted by Crippen LogP contribution is -2.13. The van der Waals surface area contributed by atoms with Crippen molar-refractivity contribution in [1.29, 1.82) is 0 Å². The lowest BCUT2D eigenvalue weighted by Gasteiger charge is -2.13. The molecule has 0 unspecified atom stereocenters. The summed E-state index contributed by atoms with van der Waals surface area (Å²) < 4.78 is 16.8. The van der Waals surface area contributed by atoms with Gasteiger partial charge in [0.1, 0.15) is 5.75 Å². The summed E-state index contributed by atoms with van der Waals surface area (Å²) >= 11 is 0. The van der Waals surface area contributed by atoms with Gasteiger partial charge in [-0.3, -0.25) is 9.89 Å². The van der Waals surface area contributed by atoms with Crippen LogP contribution < -0.4 is 19.5 Å². The number of ether oxygens (including phenoxy) is 3. The Bertz CT molecular complexity index is 1030. The van der Waals surface area contributed by atoms with Crippen LogP contribution in [0.15, 0.2) is 42.5 Å². The van der Waals surface area contributed by atoms with Crippen molar-refractivity contribution in [3.63, 3.8) is 0 Å². The van der Waals surface area contributed by atoms with E-state index >= 15 is 0 Å². The number of aryl methyl sites for hydroxylation is 2. The number of H-pyrrole nitrogens is 1. The first kappa shape index (κ1) is 22.2. The molecule has 3 aromatic rings. The fraction of sp³-hybridized carbons (Fsp3) is 0.333. The first-order valence-electron chi connectivity index (χ1n) is 10.4. The van der Waals surface area contributed by atoms with Crippen LogP contribution in [0.1, 0.15) is 31.5 Å². The Morgan fingerprint density at radius 1 is 1.03 bits per heavy atom. The predicted molar refractivity (Wildman–Crippen MR) is 121 cm³/mol. The fourth-order valence-corrected chi connectivity index (χ4v) is 3.43. The molecule has 7 nitrogen and oxygen atoms in total. The van der Waals surface area contributed by atoms with Gasteiger partial charge in [0, 0.05) is 17.7 Å². The Labute approximate surface area is 182 Å². The molecule has 1 heterocycles. The minimum Gasteiger partial charge on any atom is -0.496 e. The molecule has 2 N–H and O–H groups in total. The summed E-state index contributed by atoms with van der Waals surface area (Å²) in [7, 11) is 1.63. The van der Waals surface area contributed by atoms with Crippen molar-refractivity contribution in [2.75, 3.05) is 25.6 Å². The monoisotopic (exact) mass is 423 g/mol. The van der Waals surface area contributed by atoms with Crippen molar-refractivity contribution >= 4 is 11.7 Å². The van der Waals surface area contributed by atoms with E-state index in [9.17, 15) is 4.79 Å². The first-order chi connectivity index (χ1) is 15.1. The minimum absolute atomic E-state index is 0.116. The van der Waals surface area contributed by atoms with Crippen molar-refractivity contribution < 1.29 is 19.0 Å². The van der Waals surface area contributed by atoms with Gasteiger partial charge in [-0.05, 0) is 56.5 Å². The highest BCUT2D eigenvalue weighted by atomic mass is 16.5. The fourth-order valence-electron chi connectivity index (χ4n) is 3.43. The molecule has 0 aliphatic heterocycles. The van der Waals surface area contributed by atoms with E-state index in [-0.39, 0.29) is 5.91 Å². The topological polar surface area (TPSA) is 85.5 Å². The van der Waals surface area contributed by atoms with Crippen molar-refractivity contribution in [2.24, 2.45) is 0 Å². The zero-order valence-electron chi connectivity index (χ0n) is 18.5. The van der Waals surface area contributed by atoms with Gasteiger partial charge in [0.25, 0.3) is 0 Å². The minimum atomic E-state index is -0.116. The van der Waals surface area contributed by atoms with E-state index in [1.165, 1.54) is 0 Å². The van der Waals surface area contributed by atoms with Crippen LogP contribution in [-0.4, -0.2) is 36.4 Å². The summed E-state index contributed by atoms with van der Waals surface area (Å²) in [6.07, 6.45) is 0.894. The molecular formula is C24H29N3O4. The third-order valence-corrected chi connectivity index (χ3v) is 4.85. The molecule has 31 heavy (non-hydrogen) atoms. The normalized spacial score (nSPS) is 10.6. The summed E-state index contributed by atoms with van der Waals surface area (Å²) in [6.45, 7) is 6.86. The van der Waals surface area contributed by atoms with Gasteiger partial charge in [-0.15, -0.1) is 0 Å². The number of amides is 1. The van der Waals surface area contributed by atoms with Gasteiger partial charge < -0.3 is 19.5 Å². The van der Waals surface area contributed by atoms with Crippen LogP contribution >= 0.6 is 0 Å². The third kappa shape index (κ3) is 5.36. The second kappa shape index (κ2) is 10.5. The van der Waals surface area contributed by atoms with E-state index in [1.807, 2.05) is 63.2 Å². The Hall–Kier alpha value is -3.48. The summed E-state index contributed by atoms with van der Waals surface area (Å²) in [5, 5.41) is 10.2. The van der Waals surface area contributed by atoms with Gasteiger partial charge in [-0.2, -0.15) is 5.10 Å². The number of nitrogens with zero attached hydrogens (tertiary/aromatic N) is 1. The Balaban J connectivity index is 1.78. The van der Waals surface area contributed by atoms with E-state index in [0.29, 0.717) is 43.4 Å². The number of hydrogen-bond donors (Lipinski definition) is 2. The van der Waals surface area contributed by atoms with Crippen molar-refractivity contribution in [3.8, 4) is 28.4 Å². The molecule has 0 saturated carbocycles. The highest BCUT2D eigenvalue weighted by Gasteiger charge is 2.17. The lowest BCUT2D eigenvalue weighted by molar-refractivity contribution is -0.116. The average molecular weight is 424 g/mol. The molecule has 1 amide bonds. The summed E-state index contributed by atoms with van der Waals surface area (Å²) in [6, 6.07) is 13.4. The van der Waals surface area contributed by atoms with Crippen LogP contribution in [-0.2, 0) is 11.2 Å². The second-order valence-electron chi connectivity index (χ2n) is 6.96. The Morgan fingerprint density at radius 2 is 1.77 bits per heavy atom. The maximum atomic E-state index is 12.6. The standard InChI is InChI=1S/C24H29N3O4/c1-5-30-20-13-11-18(15-21(20)31-6-2)23-16(3)26-27-24(23)25-22(28)14-12-17-9-7-8-10-19(17)29-4/h7-11,13,15H,5-6,12,14H2,1-4H3,(H2,25,26,27,28). The number of benzene rings is 2. The SMILES string of the molecule is CCOc1ccc(-c2c(NC(=O)CCc3ccccc3OC)n[nH]c2C)cc1OCC. The quantitative estimate of drug-likeness (QED) is 0.491. The number of hydrogen-bond acceptors (Lipinski definition) is 5. The van der Waals surface area contributed by atoms with Crippen molar-refractivity contribution in [1.82, 2.24) is 10.2 Å². The lowest BCUT2D eigenvalue weighted by atomic mass is 10.0. The van der Waals surface area contributed by atoms with E-state index in [2.05, 4.69) is 15.5 Å². The number of para-hydroxylation sites is 1. The van der Waals surface area contributed by atoms with Crippen LogP contribution in [0.25, 0.3) is 11.1 Å². The highest BCUT2D eigenvalue weighted by molar-refractivity contribution is 5.95. The van der Waals surface area contributed by atoms with Crippen molar-refractivity contribution in [3.05, 3.63) is 53.7 Å². The molecule has 0 radical (unpaired) electrons. The zero-order chi connectivity index (χ0) is 22.2. The molecule has 0 spiro atoms. The molecule has 0 fully saturated rings. The number of anilines is 1. The molecule has 0 aliphatic carbocycles. The van der Waals surface area contributed by atoms with Gasteiger partial charge in [-0.1, -0.05) is 24.3 Å². The second-order valence-corrected chi connectivity index (χ2v) is 6.96. The van der Waals surface area contributed by atoms with E-state index in [4.69, 9.17) is 14.2 Å². The Kier molecular flexibility index (Phi) is 7.54.